The summed E-state index contributed by atoms with van der Waals surface area (Å²) in [5.74, 6) is -3.72. The summed E-state index contributed by atoms with van der Waals surface area (Å²) in [6.07, 6.45) is 0.189. The second kappa shape index (κ2) is 5.56. The van der Waals surface area contributed by atoms with Crippen molar-refractivity contribution >= 4 is 6.09 Å². The van der Waals surface area contributed by atoms with E-state index in [-0.39, 0.29) is 5.76 Å². The Hall–Kier alpha value is -1.63. The number of aliphatic hydroxyl groups excluding tert-OH is 1. The summed E-state index contributed by atoms with van der Waals surface area (Å²) in [7, 11) is 0. The van der Waals surface area contributed by atoms with Gasteiger partial charge in [-0.25, -0.2) is 13.6 Å². The largest absolute Gasteiger partial charge is 0.467 e. The first kappa shape index (κ1) is 15.4. The van der Waals surface area contributed by atoms with Gasteiger partial charge in [0.25, 0.3) is 5.92 Å². The molecule has 5 nitrogen and oxygen atoms in total. The standard InChI is InChI=1S/C12H17F2NO4/c1-11(2,3)19-10(17)15-9(12(13,14)7-16)8-5-4-6-18-8/h4-6,9,16H,7H2,1-3H3,(H,15,17). The maximum absolute atomic E-state index is 13.6. The van der Waals surface area contributed by atoms with Crippen LogP contribution in [0.15, 0.2) is 22.8 Å². The van der Waals surface area contributed by atoms with Gasteiger partial charge >= 0.3 is 6.09 Å². The van der Waals surface area contributed by atoms with E-state index in [9.17, 15) is 13.6 Å². The highest BCUT2D eigenvalue weighted by Crippen LogP contribution is 2.31. The van der Waals surface area contributed by atoms with Gasteiger partial charge in [-0.15, -0.1) is 0 Å². The van der Waals surface area contributed by atoms with Crippen molar-refractivity contribution < 1.29 is 27.8 Å². The van der Waals surface area contributed by atoms with Gasteiger partial charge in [0.05, 0.1) is 6.26 Å². The van der Waals surface area contributed by atoms with Gasteiger partial charge in [0.1, 0.15) is 18.0 Å². The maximum atomic E-state index is 13.6. The molecule has 108 valence electrons. The monoisotopic (exact) mass is 277 g/mol. The van der Waals surface area contributed by atoms with Crippen molar-refractivity contribution in [3.05, 3.63) is 24.2 Å². The maximum Gasteiger partial charge on any atom is 0.408 e. The topological polar surface area (TPSA) is 71.7 Å². The highest BCUT2D eigenvalue weighted by atomic mass is 19.3. The first-order valence-corrected chi connectivity index (χ1v) is 5.67. The number of carbonyl (C=O) groups excluding carboxylic acids is 1. The number of carbonyl (C=O) groups is 1. The van der Waals surface area contributed by atoms with Gasteiger partial charge in [0, 0.05) is 0 Å². The summed E-state index contributed by atoms with van der Waals surface area (Å²) in [4.78, 5) is 11.5. The van der Waals surface area contributed by atoms with Gasteiger partial charge in [-0.05, 0) is 32.9 Å². The predicted octanol–water partition coefficient (Wildman–Crippen LogP) is 2.47. The molecule has 1 heterocycles. The molecule has 1 amide bonds. The number of alkyl carbamates (subject to hydrolysis) is 1. The Morgan fingerprint density at radius 3 is 2.58 bits per heavy atom. The minimum Gasteiger partial charge on any atom is -0.467 e. The molecule has 0 spiro atoms. The van der Waals surface area contributed by atoms with Crippen LogP contribution in [0.2, 0.25) is 0 Å². The average Bonchev–Trinajstić information content (AvgIpc) is 2.76. The van der Waals surface area contributed by atoms with Gasteiger partial charge < -0.3 is 19.6 Å². The zero-order chi connectivity index (χ0) is 14.7. The van der Waals surface area contributed by atoms with E-state index in [0.29, 0.717) is 0 Å². The molecular weight excluding hydrogens is 260 g/mol. The fourth-order valence-corrected chi connectivity index (χ4v) is 1.36. The summed E-state index contributed by atoms with van der Waals surface area (Å²) in [5, 5.41) is 10.7. The second-order valence-electron chi connectivity index (χ2n) is 5.01. The molecule has 0 aliphatic rings. The van der Waals surface area contributed by atoms with E-state index < -0.39 is 30.3 Å². The lowest BCUT2D eigenvalue weighted by molar-refractivity contribution is -0.0861. The quantitative estimate of drug-likeness (QED) is 0.886. The number of rotatable bonds is 4. The summed E-state index contributed by atoms with van der Waals surface area (Å²) in [6, 6.07) is 0.903. The summed E-state index contributed by atoms with van der Waals surface area (Å²) in [6.45, 7) is 3.41. The number of aliphatic hydroxyl groups is 1. The number of nitrogens with one attached hydrogen (secondary N) is 1. The molecule has 0 aliphatic carbocycles. The minimum absolute atomic E-state index is 0.162. The third kappa shape index (κ3) is 4.51. The average molecular weight is 277 g/mol. The first-order valence-electron chi connectivity index (χ1n) is 5.67. The lowest BCUT2D eigenvalue weighted by atomic mass is 10.1. The molecule has 1 rings (SSSR count). The van der Waals surface area contributed by atoms with Gasteiger partial charge in [-0.3, -0.25) is 0 Å². The number of ether oxygens (including phenoxy) is 1. The van der Waals surface area contributed by atoms with E-state index in [1.807, 2.05) is 5.32 Å². The zero-order valence-corrected chi connectivity index (χ0v) is 10.9. The Morgan fingerprint density at radius 1 is 1.53 bits per heavy atom. The molecule has 0 saturated heterocycles. The summed E-state index contributed by atoms with van der Waals surface area (Å²) < 4.78 is 36.9. The molecule has 19 heavy (non-hydrogen) atoms. The number of hydrogen-bond acceptors (Lipinski definition) is 4. The number of halogens is 2. The van der Waals surface area contributed by atoms with Crippen LogP contribution < -0.4 is 5.32 Å². The smallest absolute Gasteiger partial charge is 0.408 e. The van der Waals surface area contributed by atoms with Crippen LogP contribution in [-0.2, 0) is 4.74 Å². The van der Waals surface area contributed by atoms with Crippen molar-refractivity contribution in [2.75, 3.05) is 6.61 Å². The molecule has 1 unspecified atom stereocenters. The summed E-state index contributed by atoms with van der Waals surface area (Å²) in [5.41, 5.74) is -0.813. The Labute approximate surface area is 109 Å². The van der Waals surface area contributed by atoms with E-state index in [1.54, 1.807) is 20.8 Å². The number of amides is 1. The van der Waals surface area contributed by atoms with Crippen LogP contribution in [0.3, 0.4) is 0 Å². The van der Waals surface area contributed by atoms with Crippen molar-refractivity contribution in [2.24, 2.45) is 0 Å². The Balaban J connectivity index is 2.85. The number of furan rings is 1. The highest BCUT2D eigenvalue weighted by Gasteiger charge is 2.43. The number of alkyl halides is 2. The van der Waals surface area contributed by atoms with Crippen LogP contribution in [-0.4, -0.2) is 29.3 Å². The molecule has 2 N–H and O–H groups in total. The van der Waals surface area contributed by atoms with Crippen molar-refractivity contribution in [3.8, 4) is 0 Å². The molecule has 0 saturated carbocycles. The fraction of sp³-hybridized carbons (Fsp3) is 0.583. The molecule has 0 aromatic carbocycles. The van der Waals surface area contributed by atoms with Gasteiger partial charge in [0.2, 0.25) is 0 Å². The lowest BCUT2D eigenvalue weighted by Gasteiger charge is -2.26. The first-order chi connectivity index (χ1) is 8.65. The van der Waals surface area contributed by atoms with E-state index in [4.69, 9.17) is 14.3 Å². The van der Waals surface area contributed by atoms with Crippen molar-refractivity contribution in [3.63, 3.8) is 0 Å². The lowest BCUT2D eigenvalue weighted by Crippen LogP contribution is -2.44. The van der Waals surface area contributed by atoms with Crippen LogP contribution >= 0.6 is 0 Å². The molecule has 0 radical (unpaired) electrons. The predicted molar refractivity (Wildman–Crippen MR) is 62.9 cm³/mol. The molecule has 1 aromatic rings. The van der Waals surface area contributed by atoms with Crippen LogP contribution in [0, 0.1) is 0 Å². The molecule has 7 heteroatoms. The van der Waals surface area contributed by atoms with Crippen LogP contribution in [0.5, 0.6) is 0 Å². The van der Waals surface area contributed by atoms with E-state index in [0.717, 1.165) is 0 Å². The third-order valence-electron chi connectivity index (χ3n) is 2.12. The van der Waals surface area contributed by atoms with Gasteiger partial charge in [0.15, 0.2) is 6.04 Å². The molecule has 1 atom stereocenters. The molecule has 0 bridgehead atoms. The minimum atomic E-state index is -3.56. The van der Waals surface area contributed by atoms with Crippen LogP contribution in [0.4, 0.5) is 13.6 Å². The molecular formula is C12H17F2NO4. The number of hydrogen-bond donors (Lipinski definition) is 2. The summed E-state index contributed by atoms with van der Waals surface area (Å²) >= 11 is 0. The van der Waals surface area contributed by atoms with Crippen LogP contribution in [0.1, 0.15) is 32.6 Å². The van der Waals surface area contributed by atoms with E-state index in [2.05, 4.69) is 0 Å². The van der Waals surface area contributed by atoms with E-state index in [1.165, 1.54) is 18.4 Å². The molecule has 1 aromatic heterocycles. The van der Waals surface area contributed by atoms with Crippen molar-refractivity contribution in [1.82, 2.24) is 5.32 Å². The Bertz CT molecular complexity index is 412. The Morgan fingerprint density at radius 2 is 2.16 bits per heavy atom. The normalized spacial score (nSPS) is 14.0. The highest BCUT2D eigenvalue weighted by molar-refractivity contribution is 5.68. The molecule has 0 aliphatic heterocycles. The Kier molecular flexibility index (Phi) is 4.52. The third-order valence-corrected chi connectivity index (χ3v) is 2.12. The van der Waals surface area contributed by atoms with Crippen molar-refractivity contribution in [1.29, 1.82) is 0 Å². The van der Waals surface area contributed by atoms with Crippen molar-refractivity contribution in [2.45, 2.75) is 38.3 Å². The fourth-order valence-electron chi connectivity index (χ4n) is 1.36. The van der Waals surface area contributed by atoms with Gasteiger partial charge in [-0.1, -0.05) is 0 Å². The molecule has 0 fully saturated rings. The van der Waals surface area contributed by atoms with Gasteiger partial charge in [-0.2, -0.15) is 0 Å². The van der Waals surface area contributed by atoms with E-state index >= 15 is 0 Å². The zero-order valence-electron chi connectivity index (χ0n) is 10.9. The second-order valence-corrected chi connectivity index (χ2v) is 5.01. The SMILES string of the molecule is CC(C)(C)OC(=O)NC(c1ccco1)C(F)(F)CO. The van der Waals surface area contributed by atoms with Crippen LogP contribution in [0.25, 0.3) is 0 Å².